The topological polar surface area (TPSA) is 67.5 Å². The van der Waals surface area contributed by atoms with Crippen LogP contribution in [0.1, 0.15) is 15.9 Å². The van der Waals surface area contributed by atoms with E-state index in [-0.39, 0.29) is 22.5 Å². The number of phenols is 1. The zero-order valence-electron chi connectivity index (χ0n) is 16.1. The Morgan fingerprint density at radius 1 is 0.806 bits per heavy atom. The number of carbonyl (C=O) groups excluding carboxylic acids is 1. The second kappa shape index (κ2) is 7.52. The van der Waals surface area contributed by atoms with Crippen LogP contribution in [0.15, 0.2) is 98.6 Å². The first kappa shape index (κ1) is 19.3. The van der Waals surface area contributed by atoms with Gasteiger partial charge in [0.05, 0.1) is 16.3 Å². The number of rotatable bonds is 3. The molecule has 31 heavy (non-hydrogen) atoms. The van der Waals surface area contributed by atoms with E-state index in [1.165, 1.54) is 6.07 Å². The fourth-order valence-electron chi connectivity index (χ4n) is 3.74. The van der Waals surface area contributed by atoms with Crippen LogP contribution in [0.2, 0.25) is 0 Å². The molecular formula is C26H15BrO4. The van der Waals surface area contributed by atoms with Gasteiger partial charge in [-0.05, 0) is 48.0 Å². The average molecular weight is 471 g/mol. The van der Waals surface area contributed by atoms with Gasteiger partial charge < -0.3 is 9.52 Å². The molecule has 5 rings (SSSR count). The summed E-state index contributed by atoms with van der Waals surface area (Å²) in [4.78, 5) is 26.6. The van der Waals surface area contributed by atoms with Crippen LogP contribution < -0.4 is 5.43 Å². The molecule has 1 heterocycles. The first-order chi connectivity index (χ1) is 15.0. The molecule has 1 N–H and O–H groups in total. The van der Waals surface area contributed by atoms with Crippen molar-refractivity contribution in [2.75, 3.05) is 0 Å². The smallest absolute Gasteiger partial charge is 0.200 e. The Kier molecular flexibility index (Phi) is 4.68. The third-order valence-electron chi connectivity index (χ3n) is 5.25. The maximum absolute atomic E-state index is 13.3. The number of ketones is 1. The van der Waals surface area contributed by atoms with Gasteiger partial charge in [0.2, 0.25) is 5.43 Å². The lowest BCUT2D eigenvalue weighted by Gasteiger charge is -2.12. The maximum atomic E-state index is 13.3. The molecule has 1 aromatic heterocycles. The van der Waals surface area contributed by atoms with E-state index >= 15 is 0 Å². The van der Waals surface area contributed by atoms with Gasteiger partial charge in [-0.1, -0.05) is 58.4 Å². The summed E-state index contributed by atoms with van der Waals surface area (Å²) in [6.45, 7) is 0. The molecule has 0 saturated heterocycles. The minimum atomic E-state index is -0.374. The number of aromatic hydroxyl groups is 1. The van der Waals surface area contributed by atoms with Gasteiger partial charge in [-0.15, -0.1) is 0 Å². The summed E-state index contributed by atoms with van der Waals surface area (Å²) in [5.41, 5.74) is 2.55. The van der Waals surface area contributed by atoms with Gasteiger partial charge in [0.25, 0.3) is 0 Å². The summed E-state index contributed by atoms with van der Waals surface area (Å²) in [6.07, 6.45) is 0. The molecule has 5 heteroatoms. The van der Waals surface area contributed by atoms with E-state index in [2.05, 4.69) is 15.9 Å². The number of fused-ring (bicyclic) bond motifs is 2. The van der Waals surface area contributed by atoms with Crippen molar-refractivity contribution >= 4 is 43.7 Å². The van der Waals surface area contributed by atoms with Gasteiger partial charge in [0, 0.05) is 15.6 Å². The fourth-order valence-corrected chi connectivity index (χ4v) is 4.24. The van der Waals surface area contributed by atoms with E-state index in [4.69, 9.17) is 4.42 Å². The van der Waals surface area contributed by atoms with Crippen LogP contribution in [-0.4, -0.2) is 10.9 Å². The third kappa shape index (κ3) is 3.23. The van der Waals surface area contributed by atoms with E-state index in [9.17, 15) is 14.7 Å². The third-order valence-corrected chi connectivity index (χ3v) is 5.94. The first-order valence-corrected chi connectivity index (χ1v) is 10.4. The highest BCUT2D eigenvalue weighted by atomic mass is 79.9. The molecule has 0 radical (unpaired) electrons. The van der Waals surface area contributed by atoms with Crippen molar-refractivity contribution in [3.8, 4) is 16.9 Å². The fraction of sp³-hybridized carbons (Fsp3) is 0. The van der Waals surface area contributed by atoms with Gasteiger partial charge in [-0.2, -0.15) is 0 Å². The van der Waals surface area contributed by atoms with Gasteiger partial charge in [-0.3, -0.25) is 9.59 Å². The van der Waals surface area contributed by atoms with Crippen molar-refractivity contribution in [1.29, 1.82) is 0 Å². The van der Waals surface area contributed by atoms with Crippen LogP contribution in [-0.2, 0) is 0 Å². The molecule has 0 amide bonds. The van der Waals surface area contributed by atoms with Gasteiger partial charge >= 0.3 is 0 Å². The Balaban J connectivity index is 1.89. The van der Waals surface area contributed by atoms with Gasteiger partial charge in [-0.25, -0.2) is 0 Å². The molecule has 0 aliphatic carbocycles. The Morgan fingerprint density at radius 2 is 1.52 bits per heavy atom. The lowest BCUT2D eigenvalue weighted by molar-refractivity contribution is 0.103. The minimum absolute atomic E-state index is 0.111. The highest BCUT2D eigenvalue weighted by Gasteiger charge is 2.20. The molecule has 150 valence electrons. The van der Waals surface area contributed by atoms with Gasteiger partial charge in [0.1, 0.15) is 16.9 Å². The number of benzene rings is 4. The second-order valence-corrected chi connectivity index (χ2v) is 8.01. The number of hydrogen-bond acceptors (Lipinski definition) is 4. The van der Waals surface area contributed by atoms with E-state index in [0.29, 0.717) is 33.1 Å². The number of para-hydroxylation sites is 2. The molecular weight excluding hydrogens is 456 g/mol. The monoisotopic (exact) mass is 470 g/mol. The molecule has 0 aliphatic rings. The van der Waals surface area contributed by atoms with Crippen molar-refractivity contribution in [2.45, 2.75) is 0 Å². The lowest BCUT2D eigenvalue weighted by Crippen LogP contribution is -2.07. The molecule has 5 aromatic rings. The van der Waals surface area contributed by atoms with Crippen molar-refractivity contribution in [3.05, 3.63) is 111 Å². The largest absolute Gasteiger partial charge is 0.507 e. The summed E-state index contributed by atoms with van der Waals surface area (Å²) in [5, 5.41) is 10.9. The number of hydrogen-bond donors (Lipinski definition) is 1. The van der Waals surface area contributed by atoms with E-state index < -0.39 is 0 Å². The predicted molar refractivity (Wildman–Crippen MR) is 125 cm³/mol. The molecule has 0 aliphatic heterocycles. The molecule has 4 nitrogen and oxygen atoms in total. The van der Waals surface area contributed by atoms with E-state index in [1.807, 2.05) is 30.3 Å². The highest BCUT2D eigenvalue weighted by molar-refractivity contribution is 9.10. The molecule has 0 fully saturated rings. The SMILES string of the molecule is O=C(c1cc(-c2ccccc2Br)c2oc3ccccc3c(=O)c2c1)c1ccccc1O. The van der Waals surface area contributed by atoms with Crippen LogP contribution in [0.3, 0.4) is 0 Å². The molecule has 0 unspecified atom stereocenters. The van der Waals surface area contributed by atoms with Crippen molar-refractivity contribution in [2.24, 2.45) is 0 Å². The molecule has 0 saturated carbocycles. The molecule has 0 bridgehead atoms. The zero-order chi connectivity index (χ0) is 21.5. The Bertz CT molecular complexity index is 1550. The second-order valence-electron chi connectivity index (χ2n) is 7.15. The van der Waals surface area contributed by atoms with E-state index in [1.54, 1.807) is 48.5 Å². The van der Waals surface area contributed by atoms with Crippen LogP contribution >= 0.6 is 15.9 Å². The van der Waals surface area contributed by atoms with Crippen LogP contribution in [0, 0.1) is 0 Å². The number of halogens is 1. The predicted octanol–water partition coefficient (Wildman–Crippen LogP) is 6.31. The summed E-state index contributed by atoms with van der Waals surface area (Å²) in [6, 6.07) is 24.2. The van der Waals surface area contributed by atoms with Crippen LogP contribution in [0.4, 0.5) is 0 Å². The average Bonchev–Trinajstić information content (AvgIpc) is 2.79. The summed E-state index contributed by atoms with van der Waals surface area (Å²) < 4.78 is 6.96. The van der Waals surface area contributed by atoms with Crippen molar-refractivity contribution < 1.29 is 14.3 Å². The first-order valence-electron chi connectivity index (χ1n) is 9.62. The van der Waals surface area contributed by atoms with Gasteiger partial charge in [0.15, 0.2) is 5.78 Å². The molecule has 4 aromatic carbocycles. The molecule has 0 atom stereocenters. The maximum Gasteiger partial charge on any atom is 0.200 e. The Morgan fingerprint density at radius 3 is 2.32 bits per heavy atom. The lowest BCUT2D eigenvalue weighted by atomic mass is 9.94. The standard InChI is InChI=1S/C26H15BrO4/c27-21-10-4-1-7-16(21)19-13-15(24(29)17-8-2-5-11-22(17)28)14-20-25(30)18-9-3-6-12-23(18)31-26(19)20/h1-14,28H. The summed E-state index contributed by atoms with van der Waals surface area (Å²) >= 11 is 3.56. The quantitative estimate of drug-likeness (QED) is 0.247. The highest BCUT2D eigenvalue weighted by Crippen LogP contribution is 2.36. The zero-order valence-corrected chi connectivity index (χ0v) is 17.7. The van der Waals surface area contributed by atoms with Crippen LogP contribution in [0.5, 0.6) is 5.75 Å². The van der Waals surface area contributed by atoms with Crippen LogP contribution in [0.25, 0.3) is 33.1 Å². The Hall–Kier alpha value is -3.70. The summed E-state index contributed by atoms with van der Waals surface area (Å²) in [7, 11) is 0. The van der Waals surface area contributed by atoms with E-state index in [0.717, 1.165) is 10.0 Å². The number of phenolic OH excluding ortho intramolecular Hbond substituents is 1. The molecule has 0 spiro atoms. The van der Waals surface area contributed by atoms with Crippen molar-refractivity contribution in [3.63, 3.8) is 0 Å². The van der Waals surface area contributed by atoms with Crippen molar-refractivity contribution in [1.82, 2.24) is 0 Å². The minimum Gasteiger partial charge on any atom is -0.507 e. The Labute approximate surface area is 185 Å². The summed E-state index contributed by atoms with van der Waals surface area (Å²) in [5.74, 6) is -0.485. The normalized spacial score (nSPS) is 11.1. The number of carbonyl (C=O) groups is 1.